The molecule has 23 heavy (non-hydrogen) atoms. The molecule has 0 bridgehead atoms. The van der Waals surface area contributed by atoms with Crippen LogP contribution in [0.25, 0.3) is 0 Å². The van der Waals surface area contributed by atoms with Crippen molar-refractivity contribution in [3.63, 3.8) is 0 Å². The smallest absolute Gasteiger partial charge is 0.184 e. The average molecular weight is 348 g/mol. The molecule has 120 valence electrons. The monoisotopic (exact) mass is 347 g/mol. The second-order valence-corrected chi connectivity index (χ2v) is 6.79. The highest BCUT2D eigenvalue weighted by molar-refractivity contribution is 6.31. The summed E-state index contributed by atoms with van der Waals surface area (Å²) in [6.07, 6.45) is 3.51. The van der Waals surface area contributed by atoms with Gasteiger partial charge in [0, 0.05) is 15.6 Å². The normalized spacial score (nSPS) is 17.0. The lowest BCUT2D eigenvalue weighted by Crippen LogP contribution is -2.38. The van der Waals surface area contributed by atoms with Crippen molar-refractivity contribution in [3.8, 4) is 0 Å². The molecule has 1 heterocycles. The van der Waals surface area contributed by atoms with Gasteiger partial charge in [-0.1, -0.05) is 41.8 Å². The van der Waals surface area contributed by atoms with Gasteiger partial charge in [-0.25, -0.2) is 0 Å². The number of Topliss-reactive ketones (excluding diaryl/α,β-unsaturated/α-hetero) is 1. The molecule has 2 nitrogen and oxygen atoms in total. The van der Waals surface area contributed by atoms with Gasteiger partial charge in [-0.05, 0) is 67.9 Å². The lowest BCUT2D eigenvalue weighted by atomic mass is 9.94. The van der Waals surface area contributed by atoms with Crippen LogP contribution in [0.2, 0.25) is 10.0 Å². The molecule has 0 radical (unpaired) electrons. The SMILES string of the molecule is O=C(c1ccc(Cl)cc1)C(c1ccc(Cl)cc1)N1CCCCC1. The zero-order chi connectivity index (χ0) is 16.2. The van der Waals surface area contributed by atoms with Gasteiger partial charge < -0.3 is 0 Å². The molecule has 1 aliphatic heterocycles. The van der Waals surface area contributed by atoms with E-state index in [-0.39, 0.29) is 11.8 Å². The number of likely N-dealkylation sites (tertiary alicyclic amines) is 1. The van der Waals surface area contributed by atoms with E-state index in [0.717, 1.165) is 31.5 Å². The Morgan fingerprint density at radius 3 is 1.91 bits per heavy atom. The van der Waals surface area contributed by atoms with Gasteiger partial charge in [0.05, 0.1) is 6.04 Å². The molecule has 3 rings (SSSR count). The number of rotatable bonds is 4. The number of nitrogens with zero attached hydrogens (tertiary/aromatic N) is 1. The van der Waals surface area contributed by atoms with E-state index >= 15 is 0 Å². The topological polar surface area (TPSA) is 20.3 Å². The van der Waals surface area contributed by atoms with Crippen LogP contribution in [0.1, 0.15) is 41.2 Å². The van der Waals surface area contributed by atoms with Gasteiger partial charge in [0.1, 0.15) is 0 Å². The first-order valence-corrected chi connectivity index (χ1v) is 8.70. The minimum Gasteiger partial charge on any atom is -0.292 e. The summed E-state index contributed by atoms with van der Waals surface area (Å²) < 4.78 is 0. The molecule has 1 unspecified atom stereocenters. The van der Waals surface area contributed by atoms with Crippen LogP contribution in [0.4, 0.5) is 0 Å². The largest absolute Gasteiger partial charge is 0.292 e. The minimum atomic E-state index is -0.256. The Balaban J connectivity index is 1.94. The summed E-state index contributed by atoms with van der Waals surface area (Å²) in [4.78, 5) is 15.4. The van der Waals surface area contributed by atoms with Gasteiger partial charge in [0.2, 0.25) is 0 Å². The predicted molar refractivity (Wildman–Crippen MR) is 95.4 cm³/mol. The third-order valence-electron chi connectivity index (χ3n) is 4.32. The number of benzene rings is 2. The predicted octanol–water partition coefficient (Wildman–Crippen LogP) is 5.40. The maximum absolute atomic E-state index is 13.1. The van der Waals surface area contributed by atoms with Gasteiger partial charge in [-0.3, -0.25) is 9.69 Å². The third kappa shape index (κ3) is 3.95. The molecule has 1 saturated heterocycles. The first-order chi connectivity index (χ1) is 11.1. The van der Waals surface area contributed by atoms with E-state index in [1.54, 1.807) is 24.3 Å². The zero-order valence-corrected chi connectivity index (χ0v) is 14.4. The van der Waals surface area contributed by atoms with Crippen molar-refractivity contribution in [2.75, 3.05) is 13.1 Å². The molecule has 1 aliphatic rings. The number of hydrogen-bond acceptors (Lipinski definition) is 2. The fourth-order valence-corrected chi connectivity index (χ4v) is 3.37. The minimum absolute atomic E-state index is 0.117. The molecule has 2 aromatic carbocycles. The fourth-order valence-electron chi connectivity index (χ4n) is 3.12. The van der Waals surface area contributed by atoms with E-state index in [1.807, 2.05) is 24.3 Å². The highest BCUT2D eigenvalue weighted by Gasteiger charge is 2.29. The highest BCUT2D eigenvalue weighted by atomic mass is 35.5. The van der Waals surface area contributed by atoms with Crippen molar-refractivity contribution < 1.29 is 4.79 Å². The molecule has 4 heteroatoms. The Morgan fingerprint density at radius 1 is 0.826 bits per heavy atom. The maximum atomic E-state index is 13.1. The molecular formula is C19H19Cl2NO. The van der Waals surface area contributed by atoms with Crippen LogP contribution < -0.4 is 0 Å². The van der Waals surface area contributed by atoms with Crippen molar-refractivity contribution in [1.82, 2.24) is 4.90 Å². The summed E-state index contributed by atoms with van der Waals surface area (Å²) in [6.45, 7) is 1.90. The van der Waals surface area contributed by atoms with Crippen LogP contribution in [-0.2, 0) is 0 Å². The van der Waals surface area contributed by atoms with Crippen LogP contribution in [-0.4, -0.2) is 23.8 Å². The van der Waals surface area contributed by atoms with Crippen molar-refractivity contribution in [2.45, 2.75) is 25.3 Å². The molecule has 0 N–H and O–H groups in total. The van der Waals surface area contributed by atoms with Crippen LogP contribution in [0.3, 0.4) is 0 Å². The number of piperidine rings is 1. The molecule has 0 amide bonds. The molecule has 0 aliphatic carbocycles. The van der Waals surface area contributed by atoms with Gasteiger partial charge in [-0.15, -0.1) is 0 Å². The number of carbonyl (C=O) groups is 1. The van der Waals surface area contributed by atoms with Crippen molar-refractivity contribution in [3.05, 3.63) is 69.7 Å². The molecule has 0 aromatic heterocycles. The summed E-state index contributed by atoms with van der Waals surface area (Å²) in [6, 6.07) is 14.5. The lowest BCUT2D eigenvalue weighted by Gasteiger charge is -2.34. The quantitative estimate of drug-likeness (QED) is 0.689. The van der Waals surface area contributed by atoms with Crippen LogP contribution >= 0.6 is 23.2 Å². The van der Waals surface area contributed by atoms with Crippen LogP contribution in [0.15, 0.2) is 48.5 Å². The van der Waals surface area contributed by atoms with Crippen LogP contribution in [0.5, 0.6) is 0 Å². The summed E-state index contributed by atoms with van der Waals surface area (Å²) >= 11 is 11.9. The highest BCUT2D eigenvalue weighted by Crippen LogP contribution is 2.29. The van der Waals surface area contributed by atoms with E-state index < -0.39 is 0 Å². The maximum Gasteiger partial charge on any atom is 0.184 e. The summed E-state index contributed by atoms with van der Waals surface area (Å²) in [5.41, 5.74) is 1.69. The Hall–Kier alpha value is -1.35. The van der Waals surface area contributed by atoms with Crippen molar-refractivity contribution >= 4 is 29.0 Å². The molecule has 1 atom stereocenters. The molecule has 2 aromatic rings. The Bertz CT molecular complexity index is 661. The third-order valence-corrected chi connectivity index (χ3v) is 4.82. The second-order valence-electron chi connectivity index (χ2n) is 5.92. The van der Waals surface area contributed by atoms with Crippen LogP contribution in [0, 0.1) is 0 Å². The first-order valence-electron chi connectivity index (χ1n) is 7.94. The molecule has 1 fully saturated rings. The van der Waals surface area contributed by atoms with E-state index in [0.29, 0.717) is 15.6 Å². The van der Waals surface area contributed by atoms with Crippen molar-refractivity contribution in [2.24, 2.45) is 0 Å². The number of hydrogen-bond donors (Lipinski definition) is 0. The Labute approximate surface area is 147 Å². The summed E-state index contributed by atoms with van der Waals surface area (Å²) in [7, 11) is 0. The average Bonchev–Trinajstić information content (AvgIpc) is 2.58. The number of ketones is 1. The second kappa shape index (κ2) is 7.48. The lowest BCUT2D eigenvalue weighted by molar-refractivity contribution is 0.0783. The molecule has 0 saturated carbocycles. The fraction of sp³-hybridized carbons (Fsp3) is 0.316. The standard InChI is InChI=1S/C19H19Cl2NO/c20-16-8-4-14(5-9-16)18(22-12-2-1-3-13-22)19(23)15-6-10-17(21)11-7-15/h4-11,18H,1-3,12-13H2. The zero-order valence-electron chi connectivity index (χ0n) is 12.8. The van der Waals surface area contributed by atoms with E-state index in [2.05, 4.69) is 4.90 Å². The number of carbonyl (C=O) groups excluding carboxylic acids is 1. The molecular weight excluding hydrogens is 329 g/mol. The van der Waals surface area contributed by atoms with E-state index in [1.165, 1.54) is 6.42 Å². The Morgan fingerprint density at radius 2 is 1.35 bits per heavy atom. The first kappa shape index (κ1) is 16.5. The van der Waals surface area contributed by atoms with Gasteiger partial charge in [0.15, 0.2) is 5.78 Å². The summed E-state index contributed by atoms with van der Waals surface area (Å²) in [5.74, 6) is 0.117. The van der Waals surface area contributed by atoms with E-state index in [9.17, 15) is 4.79 Å². The van der Waals surface area contributed by atoms with Gasteiger partial charge in [0.25, 0.3) is 0 Å². The van der Waals surface area contributed by atoms with Gasteiger partial charge in [-0.2, -0.15) is 0 Å². The van der Waals surface area contributed by atoms with E-state index in [4.69, 9.17) is 23.2 Å². The summed E-state index contributed by atoms with van der Waals surface area (Å²) in [5, 5.41) is 1.33. The molecule has 0 spiro atoms. The van der Waals surface area contributed by atoms with Crippen molar-refractivity contribution in [1.29, 1.82) is 0 Å². The Kier molecular flexibility index (Phi) is 5.37. The number of halogens is 2. The van der Waals surface area contributed by atoms with Gasteiger partial charge >= 0.3 is 0 Å².